The summed E-state index contributed by atoms with van der Waals surface area (Å²) in [5, 5.41) is 10.1. The first-order chi connectivity index (χ1) is 14.5. The highest BCUT2D eigenvalue weighted by molar-refractivity contribution is 6.30. The Morgan fingerprint density at radius 1 is 0.933 bits per heavy atom. The number of hydrogen-bond donors (Lipinski definition) is 0. The summed E-state index contributed by atoms with van der Waals surface area (Å²) in [7, 11) is 3.01. The van der Waals surface area contributed by atoms with Gasteiger partial charge in [-0.1, -0.05) is 35.9 Å². The van der Waals surface area contributed by atoms with E-state index in [2.05, 4.69) is 6.07 Å². The van der Waals surface area contributed by atoms with Gasteiger partial charge in [0.05, 0.1) is 31.4 Å². The van der Waals surface area contributed by atoms with E-state index in [1.807, 2.05) is 0 Å². The first-order valence-electron chi connectivity index (χ1n) is 8.96. The van der Waals surface area contributed by atoms with Crippen LogP contribution < -0.4 is 14.2 Å². The molecule has 0 unspecified atom stereocenters. The quantitative estimate of drug-likeness (QED) is 0.224. The van der Waals surface area contributed by atoms with E-state index in [1.54, 1.807) is 72.8 Å². The van der Waals surface area contributed by atoms with E-state index < -0.39 is 5.97 Å². The summed E-state index contributed by atoms with van der Waals surface area (Å²) in [6.07, 6.45) is 1.72. The number of carbonyl (C=O) groups excluding carboxylic acids is 1. The average molecular weight is 420 g/mol. The number of carbonyl (C=O) groups is 1. The van der Waals surface area contributed by atoms with Crippen LogP contribution in [0.4, 0.5) is 0 Å². The number of hydrogen-bond acceptors (Lipinski definition) is 5. The fraction of sp³-hybridized carbons (Fsp3) is 0.0833. The molecular weight excluding hydrogens is 402 g/mol. The van der Waals surface area contributed by atoms with Crippen molar-refractivity contribution in [1.29, 1.82) is 5.26 Å². The third-order valence-corrected chi connectivity index (χ3v) is 4.53. The maximum atomic E-state index is 12.5. The van der Waals surface area contributed by atoms with Crippen molar-refractivity contribution in [1.82, 2.24) is 0 Å². The Kier molecular flexibility index (Phi) is 6.74. The molecule has 0 amide bonds. The molecule has 0 aliphatic heterocycles. The van der Waals surface area contributed by atoms with Crippen molar-refractivity contribution in [3.8, 4) is 23.3 Å². The number of methoxy groups -OCH3 is 2. The first kappa shape index (κ1) is 21.0. The maximum absolute atomic E-state index is 12.5. The molecule has 0 fully saturated rings. The normalized spacial score (nSPS) is 10.8. The van der Waals surface area contributed by atoms with E-state index >= 15 is 0 Å². The molecule has 0 aliphatic carbocycles. The van der Waals surface area contributed by atoms with Crippen molar-refractivity contribution in [2.24, 2.45) is 0 Å². The molecule has 150 valence electrons. The standard InChI is InChI=1S/C24H18ClNO4/c1-28-21-5-3-4-18(14-21)24(27)30-22-11-6-16(13-23(22)29-2)12-19(15-26)17-7-9-20(25)10-8-17/h3-14H,1-2H3/b19-12-. The van der Waals surface area contributed by atoms with Crippen LogP contribution in [-0.2, 0) is 0 Å². The van der Waals surface area contributed by atoms with E-state index in [4.69, 9.17) is 25.8 Å². The molecule has 0 bridgehead atoms. The van der Waals surface area contributed by atoms with Gasteiger partial charge in [0.15, 0.2) is 11.5 Å². The third-order valence-electron chi connectivity index (χ3n) is 4.28. The molecule has 0 aromatic heterocycles. The van der Waals surface area contributed by atoms with E-state index in [1.165, 1.54) is 14.2 Å². The SMILES string of the molecule is COc1cccc(C(=O)Oc2ccc(/C=C(/C#N)c3ccc(Cl)cc3)cc2OC)c1. The molecule has 30 heavy (non-hydrogen) atoms. The topological polar surface area (TPSA) is 68.5 Å². The number of esters is 1. The van der Waals surface area contributed by atoms with Crippen molar-refractivity contribution in [2.45, 2.75) is 0 Å². The Labute approximate surface area is 179 Å². The Morgan fingerprint density at radius 3 is 2.37 bits per heavy atom. The van der Waals surface area contributed by atoms with E-state index in [9.17, 15) is 10.1 Å². The second-order valence-electron chi connectivity index (χ2n) is 6.21. The minimum Gasteiger partial charge on any atom is -0.497 e. The van der Waals surface area contributed by atoms with Crippen LogP contribution in [-0.4, -0.2) is 20.2 Å². The highest BCUT2D eigenvalue weighted by Crippen LogP contribution is 2.31. The lowest BCUT2D eigenvalue weighted by molar-refractivity contribution is 0.0729. The number of rotatable bonds is 6. The summed E-state index contributed by atoms with van der Waals surface area (Å²) >= 11 is 5.91. The molecule has 0 spiro atoms. The third kappa shape index (κ3) is 4.99. The summed E-state index contributed by atoms with van der Waals surface area (Å²) < 4.78 is 16.0. The van der Waals surface area contributed by atoms with Crippen LogP contribution in [0.3, 0.4) is 0 Å². The van der Waals surface area contributed by atoms with Gasteiger partial charge in [0.1, 0.15) is 5.75 Å². The van der Waals surface area contributed by atoms with Crippen LogP contribution >= 0.6 is 11.6 Å². The highest BCUT2D eigenvalue weighted by Gasteiger charge is 2.14. The minimum absolute atomic E-state index is 0.271. The van der Waals surface area contributed by atoms with Crippen LogP contribution in [0.2, 0.25) is 5.02 Å². The monoisotopic (exact) mass is 419 g/mol. The van der Waals surface area contributed by atoms with Crippen LogP contribution in [0.15, 0.2) is 66.7 Å². The predicted octanol–water partition coefficient (Wildman–Crippen LogP) is 5.64. The zero-order valence-corrected chi connectivity index (χ0v) is 17.1. The van der Waals surface area contributed by atoms with Gasteiger partial charge >= 0.3 is 5.97 Å². The summed E-state index contributed by atoms with van der Waals surface area (Å²) in [4.78, 5) is 12.5. The van der Waals surface area contributed by atoms with Crippen LogP contribution in [0.1, 0.15) is 21.5 Å². The maximum Gasteiger partial charge on any atom is 0.343 e. The van der Waals surface area contributed by atoms with Crippen molar-refractivity contribution < 1.29 is 19.0 Å². The van der Waals surface area contributed by atoms with E-state index in [0.29, 0.717) is 27.7 Å². The minimum atomic E-state index is -0.533. The van der Waals surface area contributed by atoms with Crippen LogP contribution in [0.5, 0.6) is 17.2 Å². The molecular formula is C24H18ClNO4. The lowest BCUT2D eigenvalue weighted by Gasteiger charge is -2.11. The molecule has 0 aliphatic rings. The summed E-state index contributed by atoms with van der Waals surface area (Å²) in [6.45, 7) is 0. The van der Waals surface area contributed by atoms with Crippen molar-refractivity contribution in [3.63, 3.8) is 0 Å². The fourth-order valence-electron chi connectivity index (χ4n) is 2.74. The predicted molar refractivity (Wildman–Crippen MR) is 116 cm³/mol. The lowest BCUT2D eigenvalue weighted by atomic mass is 10.0. The van der Waals surface area contributed by atoms with Gasteiger partial charge in [-0.15, -0.1) is 0 Å². The van der Waals surface area contributed by atoms with Crippen LogP contribution in [0.25, 0.3) is 11.6 Å². The fourth-order valence-corrected chi connectivity index (χ4v) is 2.87. The molecule has 0 radical (unpaired) electrons. The summed E-state index contributed by atoms with van der Waals surface area (Å²) in [5.41, 5.74) is 2.29. The second-order valence-corrected chi connectivity index (χ2v) is 6.64. The molecule has 0 atom stereocenters. The lowest BCUT2D eigenvalue weighted by Crippen LogP contribution is -2.09. The Hall–Kier alpha value is -3.75. The molecule has 0 saturated heterocycles. The van der Waals surface area contributed by atoms with Gasteiger partial charge in [-0.25, -0.2) is 4.79 Å². The molecule has 0 saturated carbocycles. The number of nitriles is 1. The van der Waals surface area contributed by atoms with Gasteiger partial charge in [0.2, 0.25) is 0 Å². The number of benzene rings is 3. The zero-order valence-electron chi connectivity index (χ0n) is 16.4. The summed E-state index contributed by atoms with van der Waals surface area (Å²) in [6, 6.07) is 20.9. The zero-order chi connectivity index (χ0) is 21.5. The van der Waals surface area contributed by atoms with Gasteiger partial charge in [-0.05, 0) is 59.7 Å². The van der Waals surface area contributed by atoms with Gasteiger partial charge in [0.25, 0.3) is 0 Å². The Balaban J connectivity index is 1.86. The van der Waals surface area contributed by atoms with Gasteiger partial charge < -0.3 is 14.2 Å². The Bertz CT molecular complexity index is 1130. The number of ether oxygens (including phenoxy) is 3. The van der Waals surface area contributed by atoms with E-state index in [-0.39, 0.29) is 5.75 Å². The first-order valence-corrected chi connectivity index (χ1v) is 9.34. The van der Waals surface area contributed by atoms with Gasteiger partial charge in [-0.3, -0.25) is 0 Å². The molecule has 0 N–H and O–H groups in total. The van der Waals surface area contributed by atoms with Gasteiger partial charge in [-0.2, -0.15) is 5.26 Å². The van der Waals surface area contributed by atoms with Crippen molar-refractivity contribution >= 4 is 29.2 Å². The smallest absolute Gasteiger partial charge is 0.343 e. The highest BCUT2D eigenvalue weighted by atomic mass is 35.5. The Morgan fingerprint density at radius 2 is 1.70 bits per heavy atom. The van der Waals surface area contributed by atoms with Crippen molar-refractivity contribution in [2.75, 3.05) is 14.2 Å². The molecule has 6 heteroatoms. The number of allylic oxidation sites excluding steroid dienone is 1. The molecule has 5 nitrogen and oxygen atoms in total. The van der Waals surface area contributed by atoms with Gasteiger partial charge in [0, 0.05) is 5.02 Å². The molecule has 3 rings (SSSR count). The summed E-state index contributed by atoms with van der Waals surface area (Å²) in [5.74, 6) is 0.665. The molecule has 0 heterocycles. The number of nitrogens with zero attached hydrogens (tertiary/aromatic N) is 1. The number of halogens is 1. The van der Waals surface area contributed by atoms with E-state index in [0.717, 1.165) is 11.1 Å². The van der Waals surface area contributed by atoms with Crippen LogP contribution in [0, 0.1) is 11.3 Å². The molecule has 3 aromatic carbocycles. The van der Waals surface area contributed by atoms with Crippen molar-refractivity contribution in [3.05, 3.63) is 88.4 Å². The second kappa shape index (κ2) is 9.64. The molecule has 3 aromatic rings. The largest absolute Gasteiger partial charge is 0.497 e. The average Bonchev–Trinajstić information content (AvgIpc) is 2.78.